The molecule has 1 unspecified atom stereocenters. The number of nitrogen functional groups attached to an aromatic ring is 1. The normalized spacial score (nSPS) is 24.2. The van der Waals surface area contributed by atoms with Crippen LogP contribution >= 0.6 is 15.9 Å². The van der Waals surface area contributed by atoms with E-state index in [1.54, 1.807) is 0 Å². The first-order valence-corrected chi connectivity index (χ1v) is 9.11. The van der Waals surface area contributed by atoms with Crippen molar-refractivity contribution >= 4 is 31.6 Å². The first-order valence-electron chi connectivity index (χ1n) is 6.88. The van der Waals surface area contributed by atoms with Gasteiger partial charge in [-0.05, 0) is 47.4 Å². The summed E-state index contributed by atoms with van der Waals surface area (Å²) < 4.78 is 40.6. The molecule has 0 saturated carbocycles. The van der Waals surface area contributed by atoms with Crippen molar-refractivity contribution in [3.63, 3.8) is 0 Å². The summed E-state index contributed by atoms with van der Waals surface area (Å²) >= 11 is 3.13. The quantitative estimate of drug-likeness (QED) is 0.795. The zero-order chi connectivity index (χ0) is 15.2. The van der Waals surface area contributed by atoms with Crippen LogP contribution in [0.5, 0.6) is 0 Å². The molecule has 0 radical (unpaired) electrons. The number of nitrogens with zero attached hydrogens (tertiary/aromatic N) is 2. The largest absolute Gasteiger partial charge is 0.396 e. The summed E-state index contributed by atoms with van der Waals surface area (Å²) in [6.45, 7) is 2.75. The van der Waals surface area contributed by atoms with Gasteiger partial charge in [0.25, 0.3) is 0 Å². The smallest absolute Gasteiger partial charge is 0.244 e. The van der Waals surface area contributed by atoms with Crippen LogP contribution in [0.4, 0.5) is 10.1 Å². The van der Waals surface area contributed by atoms with Gasteiger partial charge in [0.15, 0.2) is 0 Å². The van der Waals surface area contributed by atoms with Crippen molar-refractivity contribution in [1.82, 2.24) is 9.21 Å². The number of sulfonamides is 1. The van der Waals surface area contributed by atoms with Gasteiger partial charge >= 0.3 is 0 Å². The summed E-state index contributed by atoms with van der Waals surface area (Å²) in [6, 6.07) is 2.59. The molecule has 0 amide bonds. The minimum absolute atomic E-state index is 0.0350. The van der Waals surface area contributed by atoms with Gasteiger partial charge in [-0.2, -0.15) is 4.31 Å². The fourth-order valence-electron chi connectivity index (χ4n) is 3.06. The van der Waals surface area contributed by atoms with E-state index in [-0.39, 0.29) is 15.1 Å². The van der Waals surface area contributed by atoms with Gasteiger partial charge in [-0.3, -0.25) is 4.90 Å². The Bertz CT molecular complexity index is 668. The fraction of sp³-hybridized carbons (Fsp3) is 0.538. The van der Waals surface area contributed by atoms with Gasteiger partial charge in [0, 0.05) is 30.1 Å². The number of anilines is 1. The molecule has 1 atom stereocenters. The second-order valence-electron chi connectivity index (χ2n) is 5.50. The van der Waals surface area contributed by atoms with E-state index < -0.39 is 15.8 Å². The number of benzene rings is 1. The maximum absolute atomic E-state index is 13.4. The third kappa shape index (κ3) is 2.69. The van der Waals surface area contributed by atoms with Crippen LogP contribution in [-0.2, 0) is 10.0 Å². The first kappa shape index (κ1) is 15.2. The van der Waals surface area contributed by atoms with E-state index in [1.165, 1.54) is 10.4 Å². The number of halogens is 2. The van der Waals surface area contributed by atoms with E-state index in [2.05, 4.69) is 20.8 Å². The Kier molecular flexibility index (Phi) is 3.98. The molecule has 1 aromatic carbocycles. The lowest BCUT2D eigenvalue weighted by Crippen LogP contribution is -2.51. The highest BCUT2D eigenvalue weighted by Crippen LogP contribution is 2.31. The van der Waals surface area contributed by atoms with Crippen LogP contribution in [-0.4, -0.2) is 49.8 Å². The minimum atomic E-state index is -3.66. The molecule has 0 aliphatic carbocycles. The standard InChI is InChI=1S/C13H17BrFN3O2S/c14-10-6-11(15)12(16)7-13(10)21(19,20)18-5-4-17-3-1-2-9(17)8-18/h6-7,9H,1-5,8,16H2. The van der Waals surface area contributed by atoms with Crippen molar-refractivity contribution in [2.24, 2.45) is 0 Å². The van der Waals surface area contributed by atoms with Crippen molar-refractivity contribution in [1.29, 1.82) is 0 Å². The molecule has 3 rings (SSSR count). The van der Waals surface area contributed by atoms with Crippen LogP contribution in [0.1, 0.15) is 12.8 Å². The number of nitrogens with two attached hydrogens (primary N) is 1. The number of rotatable bonds is 2. The van der Waals surface area contributed by atoms with Crippen LogP contribution in [0.25, 0.3) is 0 Å². The second kappa shape index (κ2) is 5.49. The molecule has 2 aliphatic heterocycles. The van der Waals surface area contributed by atoms with Gasteiger partial charge in [0.2, 0.25) is 10.0 Å². The molecule has 0 spiro atoms. The number of fused-ring (bicyclic) bond motifs is 1. The molecular weight excluding hydrogens is 361 g/mol. The van der Waals surface area contributed by atoms with Gasteiger partial charge in [0.05, 0.1) is 10.6 Å². The minimum Gasteiger partial charge on any atom is -0.396 e. The number of hydrogen-bond acceptors (Lipinski definition) is 4. The zero-order valence-corrected chi connectivity index (χ0v) is 13.8. The second-order valence-corrected chi connectivity index (χ2v) is 8.26. The average Bonchev–Trinajstić information content (AvgIpc) is 2.90. The predicted octanol–water partition coefficient (Wildman–Crippen LogP) is 1.64. The maximum atomic E-state index is 13.4. The third-order valence-corrected chi connectivity index (χ3v) is 7.04. The van der Waals surface area contributed by atoms with Gasteiger partial charge in [0.1, 0.15) is 5.82 Å². The molecule has 2 fully saturated rings. The van der Waals surface area contributed by atoms with Crippen molar-refractivity contribution in [3.05, 3.63) is 22.4 Å². The molecular formula is C13H17BrFN3O2S. The molecule has 2 aliphatic rings. The van der Waals surface area contributed by atoms with Crippen molar-refractivity contribution in [2.45, 2.75) is 23.8 Å². The highest BCUT2D eigenvalue weighted by molar-refractivity contribution is 9.10. The fourth-order valence-corrected chi connectivity index (χ4v) is 5.54. The molecule has 1 aromatic rings. The molecule has 116 valence electrons. The summed E-state index contributed by atoms with van der Waals surface area (Å²) in [5.41, 5.74) is 5.36. The van der Waals surface area contributed by atoms with Crippen LogP contribution in [0.15, 0.2) is 21.5 Å². The maximum Gasteiger partial charge on any atom is 0.244 e. The van der Waals surface area contributed by atoms with E-state index in [4.69, 9.17) is 5.73 Å². The van der Waals surface area contributed by atoms with Gasteiger partial charge in [-0.15, -0.1) is 0 Å². The lowest BCUT2D eigenvalue weighted by Gasteiger charge is -2.36. The molecule has 5 nitrogen and oxygen atoms in total. The van der Waals surface area contributed by atoms with Crippen molar-refractivity contribution in [3.8, 4) is 0 Å². The molecule has 21 heavy (non-hydrogen) atoms. The average molecular weight is 378 g/mol. The third-order valence-electron chi connectivity index (χ3n) is 4.22. The molecule has 2 N–H and O–H groups in total. The topological polar surface area (TPSA) is 66.6 Å². The molecule has 8 heteroatoms. The molecule has 2 heterocycles. The molecule has 0 aromatic heterocycles. The Labute approximate surface area is 132 Å². The van der Waals surface area contributed by atoms with E-state index >= 15 is 0 Å². The zero-order valence-electron chi connectivity index (χ0n) is 11.4. The van der Waals surface area contributed by atoms with Crippen LogP contribution in [0, 0.1) is 5.82 Å². The van der Waals surface area contributed by atoms with E-state index in [0.29, 0.717) is 19.1 Å². The number of hydrogen-bond donors (Lipinski definition) is 1. The lowest BCUT2D eigenvalue weighted by atomic mass is 10.2. The SMILES string of the molecule is Nc1cc(S(=O)(=O)N2CCN3CCCC3C2)c(Br)cc1F. The van der Waals surface area contributed by atoms with Crippen LogP contribution < -0.4 is 5.73 Å². The Balaban J connectivity index is 1.92. The van der Waals surface area contributed by atoms with Crippen molar-refractivity contribution < 1.29 is 12.8 Å². The molecule has 0 bridgehead atoms. The van der Waals surface area contributed by atoms with E-state index in [1.807, 2.05) is 0 Å². The summed E-state index contributed by atoms with van der Waals surface area (Å²) in [7, 11) is -3.66. The van der Waals surface area contributed by atoms with E-state index in [9.17, 15) is 12.8 Å². The Morgan fingerprint density at radius 1 is 1.29 bits per heavy atom. The van der Waals surface area contributed by atoms with E-state index in [0.717, 1.165) is 32.0 Å². The highest BCUT2D eigenvalue weighted by Gasteiger charge is 2.37. The Morgan fingerprint density at radius 3 is 2.81 bits per heavy atom. The van der Waals surface area contributed by atoms with Gasteiger partial charge in [-0.25, -0.2) is 12.8 Å². The monoisotopic (exact) mass is 377 g/mol. The van der Waals surface area contributed by atoms with Crippen molar-refractivity contribution in [2.75, 3.05) is 31.9 Å². The van der Waals surface area contributed by atoms with Gasteiger partial charge in [-0.1, -0.05) is 0 Å². The van der Waals surface area contributed by atoms with Crippen LogP contribution in [0.3, 0.4) is 0 Å². The summed E-state index contributed by atoms with van der Waals surface area (Å²) in [4.78, 5) is 2.37. The Hall–Kier alpha value is -0.700. The Morgan fingerprint density at radius 2 is 2.05 bits per heavy atom. The summed E-state index contributed by atoms with van der Waals surface area (Å²) in [6.07, 6.45) is 2.14. The summed E-state index contributed by atoms with van der Waals surface area (Å²) in [5.74, 6) is -0.624. The number of piperazine rings is 1. The highest BCUT2D eigenvalue weighted by atomic mass is 79.9. The lowest BCUT2D eigenvalue weighted by molar-refractivity contribution is 0.158. The molecule has 2 saturated heterocycles. The van der Waals surface area contributed by atoms with Gasteiger partial charge < -0.3 is 5.73 Å². The van der Waals surface area contributed by atoms with Crippen LogP contribution in [0.2, 0.25) is 0 Å². The summed E-state index contributed by atoms with van der Waals surface area (Å²) in [5, 5.41) is 0. The predicted molar refractivity (Wildman–Crippen MR) is 81.9 cm³/mol. The first-order chi connectivity index (χ1) is 9.89.